The zero-order valence-electron chi connectivity index (χ0n) is 17.7. The van der Waals surface area contributed by atoms with Gasteiger partial charge in [0.15, 0.2) is 11.5 Å². The highest BCUT2D eigenvalue weighted by Crippen LogP contribution is 2.35. The highest BCUT2D eigenvalue weighted by molar-refractivity contribution is 5.77. The first-order chi connectivity index (χ1) is 15.2. The zero-order chi connectivity index (χ0) is 21.8. The quantitative estimate of drug-likeness (QED) is 0.463. The summed E-state index contributed by atoms with van der Waals surface area (Å²) in [5.74, 6) is 3.96. The summed E-state index contributed by atoms with van der Waals surface area (Å²) in [4.78, 5) is 8.62. The first-order valence-corrected chi connectivity index (χ1v) is 9.53. The molecule has 0 unspecified atom stereocenters. The van der Waals surface area contributed by atoms with Crippen LogP contribution in [0.2, 0.25) is 0 Å². The second-order valence-electron chi connectivity index (χ2n) is 6.64. The number of nitrogens with one attached hydrogen (secondary N) is 1. The summed E-state index contributed by atoms with van der Waals surface area (Å²) in [6.07, 6.45) is 3.24. The Kier molecular flexibility index (Phi) is 5.74. The van der Waals surface area contributed by atoms with E-state index in [4.69, 9.17) is 18.9 Å². The van der Waals surface area contributed by atoms with Crippen molar-refractivity contribution < 1.29 is 18.9 Å². The molecular formula is C22H23N5O4. The number of methoxy groups -OCH3 is 4. The number of fused-ring (bicyclic) bond motifs is 1. The number of rotatable bonds is 8. The lowest BCUT2D eigenvalue weighted by molar-refractivity contribution is 0.355. The average molecular weight is 421 g/mol. The lowest BCUT2D eigenvalue weighted by atomic mass is 10.1. The minimum Gasteiger partial charge on any atom is -0.497 e. The molecule has 4 aromatic rings. The van der Waals surface area contributed by atoms with E-state index >= 15 is 0 Å². The number of hydrogen-bond donors (Lipinski definition) is 1. The van der Waals surface area contributed by atoms with Gasteiger partial charge < -0.3 is 24.3 Å². The Labute approximate surface area is 179 Å². The van der Waals surface area contributed by atoms with Gasteiger partial charge in [0, 0.05) is 24.4 Å². The molecule has 1 N–H and O–H groups in total. The van der Waals surface area contributed by atoms with Crippen LogP contribution in [0.15, 0.2) is 48.9 Å². The normalized spacial score (nSPS) is 10.7. The topological polar surface area (TPSA) is 92.0 Å². The molecule has 160 valence electrons. The largest absolute Gasteiger partial charge is 0.497 e. The molecule has 2 aromatic heterocycles. The molecule has 0 saturated heterocycles. The Hall–Kier alpha value is -4.01. The summed E-state index contributed by atoms with van der Waals surface area (Å²) in [5, 5.41) is 7.80. The number of anilines is 1. The van der Waals surface area contributed by atoms with E-state index in [9.17, 15) is 0 Å². The van der Waals surface area contributed by atoms with E-state index in [-0.39, 0.29) is 0 Å². The number of hydrogen-bond acceptors (Lipinski definition) is 8. The first-order valence-electron chi connectivity index (χ1n) is 9.53. The van der Waals surface area contributed by atoms with Gasteiger partial charge in [-0.15, -0.1) is 0 Å². The Bertz CT molecular complexity index is 1190. The highest BCUT2D eigenvalue weighted by atomic mass is 16.5. The van der Waals surface area contributed by atoms with Crippen molar-refractivity contribution in [1.82, 2.24) is 19.6 Å². The predicted molar refractivity (Wildman–Crippen MR) is 116 cm³/mol. The fourth-order valence-electron chi connectivity index (χ4n) is 3.32. The number of nitrogens with zero attached hydrogens (tertiary/aromatic N) is 4. The third kappa shape index (κ3) is 4.02. The van der Waals surface area contributed by atoms with Gasteiger partial charge in [-0.3, -0.25) is 0 Å². The lowest BCUT2D eigenvalue weighted by Crippen LogP contribution is -2.08. The molecule has 4 rings (SSSR count). The molecule has 0 fully saturated rings. The molecule has 0 radical (unpaired) electrons. The van der Waals surface area contributed by atoms with Gasteiger partial charge >= 0.3 is 0 Å². The van der Waals surface area contributed by atoms with Gasteiger partial charge in [0.05, 0.1) is 28.4 Å². The molecule has 0 amide bonds. The lowest BCUT2D eigenvalue weighted by Gasteiger charge is -2.15. The molecule has 0 aliphatic heterocycles. The minimum atomic E-state index is 0.495. The summed E-state index contributed by atoms with van der Waals surface area (Å²) in [5.41, 5.74) is 2.72. The summed E-state index contributed by atoms with van der Waals surface area (Å²) in [6, 6.07) is 11.4. The van der Waals surface area contributed by atoms with Gasteiger partial charge in [0.25, 0.3) is 5.78 Å². The standard InChI is InChI=1S/C22H23N5O4/c1-28-16-7-14(8-17(10-16)29-2)11-23-21-18(12-24-22-25-13-26-27(21)22)15-5-6-19(30-3)20(9-15)31-4/h5-10,12-13,23H,11H2,1-4H3. The van der Waals surface area contributed by atoms with Crippen LogP contribution in [0.1, 0.15) is 5.56 Å². The Balaban J connectivity index is 1.75. The molecule has 0 bridgehead atoms. The third-order valence-corrected chi connectivity index (χ3v) is 4.87. The van der Waals surface area contributed by atoms with E-state index in [1.807, 2.05) is 36.4 Å². The van der Waals surface area contributed by atoms with E-state index in [1.54, 1.807) is 39.2 Å². The maximum absolute atomic E-state index is 5.46. The summed E-state index contributed by atoms with van der Waals surface area (Å²) >= 11 is 0. The molecule has 0 atom stereocenters. The first kappa shape index (κ1) is 20.3. The van der Waals surface area contributed by atoms with Crippen molar-refractivity contribution in [3.05, 3.63) is 54.5 Å². The summed E-state index contributed by atoms with van der Waals surface area (Å²) < 4.78 is 23.2. The Morgan fingerprint density at radius 2 is 1.58 bits per heavy atom. The number of aromatic nitrogens is 4. The van der Waals surface area contributed by atoms with Crippen molar-refractivity contribution in [3.63, 3.8) is 0 Å². The second-order valence-corrected chi connectivity index (χ2v) is 6.64. The maximum atomic E-state index is 5.46. The average Bonchev–Trinajstić information content (AvgIpc) is 3.30. The maximum Gasteiger partial charge on any atom is 0.254 e. The molecule has 31 heavy (non-hydrogen) atoms. The fourth-order valence-corrected chi connectivity index (χ4v) is 3.32. The van der Waals surface area contributed by atoms with Crippen LogP contribution in [0.5, 0.6) is 23.0 Å². The van der Waals surface area contributed by atoms with Crippen molar-refractivity contribution in [2.75, 3.05) is 33.8 Å². The van der Waals surface area contributed by atoms with E-state index in [1.165, 1.54) is 6.33 Å². The van der Waals surface area contributed by atoms with Crippen molar-refractivity contribution in [3.8, 4) is 34.1 Å². The van der Waals surface area contributed by atoms with Crippen LogP contribution in [0, 0.1) is 0 Å². The molecular weight excluding hydrogens is 398 g/mol. The number of benzene rings is 2. The van der Waals surface area contributed by atoms with Crippen LogP contribution in [0.25, 0.3) is 16.9 Å². The van der Waals surface area contributed by atoms with Gasteiger partial charge in [-0.1, -0.05) is 6.07 Å². The SMILES string of the molecule is COc1cc(CNc2c(-c3ccc(OC)c(OC)c3)cnc3ncnn23)cc(OC)c1. The van der Waals surface area contributed by atoms with Gasteiger partial charge in [-0.05, 0) is 35.4 Å². The van der Waals surface area contributed by atoms with E-state index in [0.29, 0.717) is 23.8 Å². The van der Waals surface area contributed by atoms with Gasteiger partial charge in [-0.25, -0.2) is 4.98 Å². The third-order valence-electron chi connectivity index (χ3n) is 4.87. The van der Waals surface area contributed by atoms with Crippen molar-refractivity contribution in [2.24, 2.45) is 0 Å². The second kappa shape index (κ2) is 8.78. The zero-order valence-corrected chi connectivity index (χ0v) is 17.7. The molecule has 2 heterocycles. The monoisotopic (exact) mass is 421 g/mol. The van der Waals surface area contributed by atoms with E-state index < -0.39 is 0 Å². The number of ether oxygens (including phenoxy) is 4. The van der Waals surface area contributed by atoms with Crippen molar-refractivity contribution in [1.29, 1.82) is 0 Å². The van der Waals surface area contributed by atoms with Crippen LogP contribution in [-0.2, 0) is 6.54 Å². The molecule has 0 aliphatic carbocycles. The fraction of sp³-hybridized carbons (Fsp3) is 0.227. The van der Waals surface area contributed by atoms with Gasteiger partial charge in [0.1, 0.15) is 23.6 Å². The van der Waals surface area contributed by atoms with Crippen LogP contribution in [0.4, 0.5) is 5.82 Å². The van der Waals surface area contributed by atoms with E-state index in [2.05, 4.69) is 20.4 Å². The Morgan fingerprint density at radius 3 is 2.26 bits per heavy atom. The predicted octanol–water partition coefficient (Wildman–Crippen LogP) is 3.44. The molecule has 0 saturated carbocycles. The highest BCUT2D eigenvalue weighted by Gasteiger charge is 2.15. The van der Waals surface area contributed by atoms with Crippen LogP contribution < -0.4 is 24.3 Å². The van der Waals surface area contributed by atoms with Crippen molar-refractivity contribution in [2.45, 2.75) is 6.54 Å². The molecule has 0 aliphatic rings. The minimum absolute atomic E-state index is 0.495. The molecule has 9 heteroatoms. The molecule has 0 spiro atoms. The van der Waals surface area contributed by atoms with Crippen LogP contribution in [-0.4, -0.2) is 48.0 Å². The van der Waals surface area contributed by atoms with Gasteiger partial charge in [-0.2, -0.15) is 14.6 Å². The van der Waals surface area contributed by atoms with Crippen LogP contribution in [0.3, 0.4) is 0 Å². The van der Waals surface area contributed by atoms with Crippen LogP contribution >= 0.6 is 0 Å². The molecule has 9 nitrogen and oxygen atoms in total. The summed E-state index contributed by atoms with van der Waals surface area (Å²) in [6.45, 7) is 0.507. The van der Waals surface area contributed by atoms with Gasteiger partial charge in [0.2, 0.25) is 0 Å². The van der Waals surface area contributed by atoms with E-state index in [0.717, 1.165) is 34.0 Å². The van der Waals surface area contributed by atoms with Crippen molar-refractivity contribution >= 4 is 11.6 Å². The Morgan fingerprint density at radius 1 is 0.839 bits per heavy atom. The molecule has 2 aromatic carbocycles. The smallest absolute Gasteiger partial charge is 0.254 e. The summed E-state index contributed by atoms with van der Waals surface area (Å²) in [7, 11) is 6.47.